The Kier molecular flexibility index (Phi) is 3.69. The van der Waals surface area contributed by atoms with E-state index in [4.69, 9.17) is 0 Å². The summed E-state index contributed by atoms with van der Waals surface area (Å²) >= 11 is 0. The number of hydrogen-bond donors (Lipinski definition) is 1. The molecule has 1 N–H and O–H groups in total. The summed E-state index contributed by atoms with van der Waals surface area (Å²) in [6.07, 6.45) is 12.8. The van der Waals surface area contributed by atoms with Crippen LogP contribution in [0.3, 0.4) is 0 Å². The Bertz CT molecular complexity index is 390. The largest absolute Gasteiger partial charge is 0.333 e. The predicted molar refractivity (Wildman–Crippen MR) is 73.7 cm³/mol. The Morgan fingerprint density at radius 1 is 1.28 bits per heavy atom. The molecule has 0 radical (unpaired) electrons. The van der Waals surface area contributed by atoms with Gasteiger partial charge in [0.15, 0.2) is 0 Å². The zero-order valence-corrected chi connectivity index (χ0v) is 11.5. The summed E-state index contributed by atoms with van der Waals surface area (Å²) in [5.41, 5.74) is 2.88. The molecule has 0 spiro atoms. The topological polar surface area (TPSA) is 29.9 Å². The summed E-state index contributed by atoms with van der Waals surface area (Å²) in [5, 5.41) is 3.54. The third-order valence-electron chi connectivity index (χ3n) is 4.84. The Morgan fingerprint density at radius 3 is 2.83 bits per heavy atom. The van der Waals surface area contributed by atoms with Crippen LogP contribution in [0.5, 0.6) is 0 Å². The average Bonchev–Trinajstić information content (AvgIpc) is 3.06. The van der Waals surface area contributed by atoms with Crippen LogP contribution in [0, 0.1) is 5.92 Å². The molecule has 1 saturated carbocycles. The summed E-state index contributed by atoms with van der Waals surface area (Å²) in [5.74, 6) is 0.872. The van der Waals surface area contributed by atoms with Crippen LogP contribution in [0.4, 0.5) is 0 Å². The number of likely N-dealkylation sites (N-methyl/N-ethyl adjacent to an activating group) is 1. The van der Waals surface area contributed by atoms with Gasteiger partial charge in [-0.15, -0.1) is 0 Å². The second-order valence-corrected chi connectivity index (χ2v) is 5.94. The standard InChI is InChI=1S/C15H25N3/c1-16-14(12-6-2-3-7-12)10-18-11-17-13-8-4-5-9-15(13)18/h11-12,14,16H,2-10H2,1H3. The molecule has 1 atom stereocenters. The monoisotopic (exact) mass is 247 g/mol. The van der Waals surface area contributed by atoms with Crippen molar-refractivity contribution < 1.29 is 0 Å². The van der Waals surface area contributed by atoms with Crippen LogP contribution in [-0.2, 0) is 19.4 Å². The maximum atomic E-state index is 4.61. The van der Waals surface area contributed by atoms with Crippen molar-refractivity contribution in [2.24, 2.45) is 5.92 Å². The average molecular weight is 247 g/mol. The van der Waals surface area contributed by atoms with Gasteiger partial charge in [-0.25, -0.2) is 4.98 Å². The molecule has 18 heavy (non-hydrogen) atoms. The van der Waals surface area contributed by atoms with Crippen molar-refractivity contribution in [3.05, 3.63) is 17.7 Å². The number of aromatic nitrogens is 2. The summed E-state index contributed by atoms with van der Waals surface area (Å²) in [4.78, 5) is 4.61. The highest BCUT2D eigenvalue weighted by Gasteiger charge is 2.25. The molecule has 100 valence electrons. The smallest absolute Gasteiger partial charge is 0.0952 e. The van der Waals surface area contributed by atoms with Gasteiger partial charge in [0.25, 0.3) is 0 Å². The molecule has 0 aromatic carbocycles. The minimum Gasteiger partial charge on any atom is -0.333 e. The van der Waals surface area contributed by atoms with E-state index in [0.29, 0.717) is 6.04 Å². The fraction of sp³-hybridized carbons (Fsp3) is 0.800. The molecule has 2 aliphatic carbocycles. The third kappa shape index (κ3) is 2.33. The van der Waals surface area contributed by atoms with Crippen LogP contribution >= 0.6 is 0 Å². The molecule has 3 heteroatoms. The van der Waals surface area contributed by atoms with E-state index in [1.165, 1.54) is 62.8 Å². The summed E-state index contributed by atoms with van der Waals surface area (Å²) in [7, 11) is 2.12. The number of nitrogens with zero attached hydrogens (tertiary/aromatic N) is 2. The molecule has 2 aliphatic rings. The molecule has 3 rings (SSSR count). The first kappa shape index (κ1) is 12.2. The van der Waals surface area contributed by atoms with E-state index in [1.807, 2.05) is 0 Å². The van der Waals surface area contributed by atoms with Gasteiger partial charge in [-0.1, -0.05) is 12.8 Å². The van der Waals surface area contributed by atoms with Gasteiger partial charge < -0.3 is 9.88 Å². The van der Waals surface area contributed by atoms with E-state index in [2.05, 4.69) is 28.2 Å². The second kappa shape index (κ2) is 5.43. The molecule has 3 nitrogen and oxygen atoms in total. The van der Waals surface area contributed by atoms with E-state index in [1.54, 1.807) is 0 Å². The fourth-order valence-electron chi connectivity index (χ4n) is 3.74. The Balaban J connectivity index is 1.72. The van der Waals surface area contributed by atoms with Crippen molar-refractivity contribution in [3.8, 4) is 0 Å². The third-order valence-corrected chi connectivity index (χ3v) is 4.84. The number of nitrogens with one attached hydrogen (secondary N) is 1. The predicted octanol–water partition coefficient (Wildman–Crippen LogP) is 2.54. The van der Waals surface area contributed by atoms with Crippen LogP contribution in [0.2, 0.25) is 0 Å². The molecular formula is C15H25N3. The van der Waals surface area contributed by atoms with Gasteiger partial charge in [-0.2, -0.15) is 0 Å². The minimum absolute atomic E-state index is 0.632. The SMILES string of the molecule is CNC(Cn1cnc2c1CCCC2)C1CCCC1. The van der Waals surface area contributed by atoms with E-state index in [0.717, 1.165) is 12.5 Å². The minimum atomic E-state index is 0.632. The lowest BCUT2D eigenvalue weighted by atomic mass is 9.97. The van der Waals surface area contributed by atoms with Crippen molar-refractivity contribution in [3.63, 3.8) is 0 Å². The number of aryl methyl sites for hydroxylation is 1. The molecule has 1 unspecified atom stereocenters. The van der Waals surface area contributed by atoms with Crippen molar-refractivity contribution in [1.29, 1.82) is 0 Å². The first-order chi connectivity index (χ1) is 8.88. The highest BCUT2D eigenvalue weighted by Crippen LogP contribution is 2.29. The molecule has 1 aromatic rings. The van der Waals surface area contributed by atoms with E-state index >= 15 is 0 Å². The number of fused-ring (bicyclic) bond motifs is 1. The molecule has 1 aromatic heterocycles. The lowest BCUT2D eigenvalue weighted by Gasteiger charge is -2.25. The van der Waals surface area contributed by atoms with Crippen LogP contribution < -0.4 is 5.32 Å². The highest BCUT2D eigenvalue weighted by atomic mass is 15.1. The Morgan fingerprint density at radius 2 is 2.06 bits per heavy atom. The Hall–Kier alpha value is -0.830. The number of hydrogen-bond acceptors (Lipinski definition) is 2. The quantitative estimate of drug-likeness (QED) is 0.886. The summed E-state index contributed by atoms with van der Waals surface area (Å²) < 4.78 is 2.42. The number of rotatable bonds is 4. The molecule has 1 heterocycles. The van der Waals surface area contributed by atoms with Gasteiger partial charge in [-0.05, 0) is 51.5 Å². The van der Waals surface area contributed by atoms with Gasteiger partial charge in [0.2, 0.25) is 0 Å². The maximum Gasteiger partial charge on any atom is 0.0952 e. The van der Waals surface area contributed by atoms with E-state index in [9.17, 15) is 0 Å². The summed E-state index contributed by atoms with van der Waals surface area (Å²) in [6.45, 7) is 1.11. The number of imidazole rings is 1. The summed E-state index contributed by atoms with van der Waals surface area (Å²) in [6, 6.07) is 0.632. The second-order valence-electron chi connectivity index (χ2n) is 5.94. The molecule has 0 saturated heterocycles. The van der Waals surface area contributed by atoms with Crippen molar-refractivity contribution in [1.82, 2.24) is 14.9 Å². The van der Waals surface area contributed by atoms with E-state index < -0.39 is 0 Å². The van der Waals surface area contributed by atoms with Crippen molar-refractivity contribution >= 4 is 0 Å². The Labute approximate surface area is 110 Å². The van der Waals surface area contributed by atoms with Crippen LogP contribution in [0.1, 0.15) is 49.9 Å². The fourth-order valence-corrected chi connectivity index (χ4v) is 3.74. The first-order valence-electron chi connectivity index (χ1n) is 7.58. The van der Waals surface area contributed by atoms with Crippen LogP contribution in [0.25, 0.3) is 0 Å². The van der Waals surface area contributed by atoms with Gasteiger partial charge in [-0.3, -0.25) is 0 Å². The molecule has 0 aliphatic heterocycles. The maximum absolute atomic E-state index is 4.61. The zero-order valence-electron chi connectivity index (χ0n) is 11.5. The van der Waals surface area contributed by atoms with Gasteiger partial charge in [0.05, 0.1) is 12.0 Å². The molecule has 1 fully saturated rings. The van der Waals surface area contributed by atoms with Gasteiger partial charge in [0, 0.05) is 18.3 Å². The van der Waals surface area contributed by atoms with Gasteiger partial charge >= 0.3 is 0 Å². The van der Waals surface area contributed by atoms with Crippen molar-refractivity contribution in [2.45, 2.75) is 64.0 Å². The lowest BCUT2D eigenvalue weighted by Crippen LogP contribution is -2.36. The lowest BCUT2D eigenvalue weighted by molar-refractivity contribution is 0.336. The molecule has 0 bridgehead atoms. The van der Waals surface area contributed by atoms with Crippen molar-refractivity contribution in [2.75, 3.05) is 7.05 Å². The first-order valence-corrected chi connectivity index (χ1v) is 7.58. The molecular weight excluding hydrogens is 222 g/mol. The van der Waals surface area contributed by atoms with Gasteiger partial charge in [0.1, 0.15) is 0 Å². The van der Waals surface area contributed by atoms with E-state index in [-0.39, 0.29) is 0 Å². The normalized spacial score (nSPS) is 22.1. The van der Waals surface area contributed by atoms with Crippen LogP contribution in [0.15, 0.2) is 6.33 Å². The molecule has 0 amide bonds. The highest BCUT2D eigenvalue weighted by molar-refractivity contribution is 5.16. The van der Waals surface area contributed by atoms with Crippen LogP contribution in [-0.4, -0.2) is 22.6 Å². The zero-order chi connectivity index (χ0) is 12.4.